The normalized spacial score (nSPS) is 17.7. The molecular formula is C12H15FN2O3. The molecule has 0 saturated carbocycles. The number of aromatic nitrogens is 1. The van der Waals surface area contributed by atoms with Crippen LogP contribution >= 0.6 is 0 Å². The van der Waals surface area contributed by atoms with Gasteiger partial charge in [0, 0.05) is 19.3 Å². The van der Waals surface area contributed by atoms with Crippen LogP contribution in [0.3, 0.4) is 0 Å². The number of carboxylic acids is 1. The number of hydrogen-bond donors (Lipinski definition) is 1. The molecule has 1 saturated heterocycles. The van der Waals surface area contributed by atoms with Crippen molar-refractivity contribution in [1.29, 1.82) is 0 Å². The molecule has 18 heavy (non-hydrogen) atoms. The van der Waals surface area contributed by atoms with Gasteiger partial charge in [0.1, 0.15) is 11.7 Å². The predicted molar refractivity (Wildman–Crippen MR) is 62.3 cm³/mol. The Kier molecular flexibility index (Phi) is 3.76. The van der Waals surface area contributed by atoms with E-state index in [4.69, 9.17) is 9.84 Å². The number of carbonyl (C=O) groups is 1. The van der Waals surface area contributed by atoms with E-state index in [9.17, 15) is 9.18 Å². The lowest BCUT2D eigenvalue weighted by Crippen LogP contribution is -2.36. The Hall–Kier alpha value is -1.69. The minimum absolute atomic E-state index is 0.104. The Bertz CT molecular complexity index is 445. The molecule has 1 N–H and O–H groups in total. The molecule has 98 valence electrons. The van der Waals surface area contributed by atoms with Crippen LogP contribution in [-0.2, 0) is 0 Å². The van der Waals surface area contributed by atoms with E-state index in [1.807, 2.05) is 7.05 Å². The topological polar surface area (TPSA) is 62.7 Å². The zero-order valence-corrected chi connectivity index (χ0v) is 10.1. The van der Waals surface area contributed by atoms with E-state index in [0.29, 0.717) is 0 Å². The number of aromatic carboxylic acids is 1. The number of pyridine rings is 1. The highest BCUT2D eigenvalue weighted by molar-refractivity contribution is 5.88. The number of hydrogen-bond acceptors (Lipinski definition) is 4. The maximum atomic E-state index is 13.8. The first kappa shape index (κ1) is 12.8. The lowest BCUT2D eigenvalue weighted by atomic mass is 10.1. The standard InChI is InChI=1S/C12H15FN2O3/c1-15-6-3-8(4-7-15)18-11-10(13)9(12(16)17)2-5-14-11/h2,5,8H,3-4,6-7H2,1H3,(H,16,17). The molecule has 1 aliphatic rings. The molecule has 0 aliphatic carbocycles. The highest BCUT2D eigenvalue weighted by Crippen LogP contribution is 2.21. The van der Waals surface area contributed by atoms with Crippen LogP contribution in [0.25, 0.3) is 0 Å². The third-order valence-corrected chi connectivity index (χ3v) is 3.03. The first-order valence-corrected chi connectivity index (χ1v) is 5.81. The molecule has 0 bridgehead atoms. The van der Waals surface area contributed by atoms with Crippen molar-refractivity contribution in [3.05, 3.63) is 23.6 Å². The highest BCUT2D eigenvalue weighted by atomic mass is 19.1. The summed E-state index contributed by atoms with van der Waals surface area (Å²) in [6.45, 7) is 1.76. The number of piperidine rings is 1. The van der Waals surface area contributed by atoms with E-state index in [0.717, 1.165) is 32.0 Å². The van der Waals surface area contributed by atoms with E-state index in [2.05, 4.69) is 9.88 Å². The van der Waals surface area contributed by atoms with Crippen LogP contribution in [0.5, 0.6) is 5.88 Å². The second-order valence-corrected chi connectivity index (χ2v) is 4.40. The minimum Gasteiger partial charge on any atom is -0.478 e. The average Bonchev–Trinajstić information content (AvgIpc) is 2.34. The predicted octanol–water partition coefficient (Wildman–Crippen LogP) is 1.39. The van der Waals surface area contributed by atoms with Crippen molar-refractivity contribution in [2.75, 3.05) is 20.1 Å². The van der Waals surface area contributed by atoms with Gasteiger partial charge in [-0.25, -0.2) is 14.2 Å². The zero-order valence-electron chi connectivity index (χ0n) is 10.1. The molecule has 1 aromatic heterocycles. The summed E-state index contributed by atoms with van der Waals surface area (Å²) in [5.41, 5.74) is -0.409. The quantitative estimate of drug-likeness (QED) is 0.883. The number of nitrogens with zero attached hydrogens (tertiary/aromatic N) is 2. The summed E-state index contributed by atoms with van der Waals surface area (Å²) in [4.78, 5) is 16.7. The molecule has 1 aromatic rings. The molecular weight excluding hydrogens is 239 g/mol. The monoisotopic (exact) mass is 254 g/mol. The van der Waals surface area contributed by atoms with Gasteiger partial charge in [0.05, 0.1) is 0 Å². The molecule has 0 radical (unpaired) electrons. The molecule has 0 atom stereocenters. The third kappa shape index (κ3) is 2.76. The maximum Gasteiger partial charge on any atom is 0.338 e. The summed E-state index contributed by atoms with van der Waals surface area (Å²) in [7, 11) is 2.01. The van der Waals surface area contributed by atoms with Crippen LogP contribution in [0, 0.1) is 5.82 Å². The molecule has 1 fully saturated rings. The van der Waals surface area contributed by atoms with Gasteiger partial charge < -0.3 is 14.7 Å². The fourth-order valence-corrected chi connectivity index (χ4v) is 1.93. The molecule has 0 aromatic carbocycles. The van der Waals surface area contributed by atoms with Crippen LogP contribution in [0.2, 0.25) is 0 Å². The molecule has 5 nitrogen and oxygen atoms in total. The van der Waals surface area contributed by atoms with Gasteiger partial charge in [-0.05, 0) is 26.0 Å². The summed E-state index contributed by atoms with van der Waals surface area (Å²) >= 11 is 0. The first-order chi connectivity index (χ1) is 8.58. The second kappa shape index (κ2) is 5.30. The van der Waals surface area contributed by atoms with Gasteiger partial charge in [0.25, 0.3) is 5.88 Å². The Labute approximate surface area is 104 Å². The molecule has 0 amide bonds. The molecule has 0 spiro atoms. The molecule has 0 unspecified atom stereocenters. The van der Waals surface area contributed by atoms with E-state index in [-0.39, 0.29) is 12.0 Å². The Morgan fingerprint density at radius 3 is 2.83 bits per heavy atom. The number of carboxylic acid groups (broad SMARTS) is 1. The number of likely N-dealkylation sites (tertiary alicyclic amines) is 1. The van der Waals surface area contributed by atoms with E-state index >= 15 is 0 Å². The summed E-state index contributed by atoms with van der Waals surface area (Å²) < 4.78 is 19.2. The van der Waals surface area contributed by atoms with Gasteiger partial charge >= 0.3 is 5.97 Å². The molecule has 2 rings (SSSR count). The Morgan fingerprint density at radius 1 is 1.56 bits per heavy atom. The lowest BCUT2D eigenvalue weighted by molar-refractivity contribution is 0.0686. The summed E-state index contributed by atoms with van der Waals surface area (Å²) in [6.07, 6.45) is 2.72. The van der Waals surface area contributed by atoms with Gasteiger partial charge in [-0.3, -0.25) is 0 Å². The van der Waals surface area contributed by atoms with Crippen molar-refractivity contribution in [3.63, 3.8) is 0 Å². The van der Waals surface area contributed by atoms with Crippen LogP contribution in [0.4, 0.5) is 4.39 Å². The smallest absolute Gasteiger partial charge is 0.338 e. The van der Waals surface area contributed by atoms with Gasteiger partial charge in [-0.15, -0.1) is 0 Å². The van der Waals surface area contributed by atoms with Crippen LogP contribution in [0.1, 0.15) is 23.2 Å². The third-order valence-electron chi connectivity index (χ3n) is 3.03. The van der Waals surface area contributed by atoms with Crippen LogP contribution in [0.15, 0.2) is 12.3 Å². The number of halogens is 1. The second-order valence-electron chi connectivity index (χ2n) is 4.40. The number of ether oxygens (including phenoxy) is 1. The first-order valence-electron chi connectivity index (χ1n) is 5.81. The van der Waals surface area contributed by atoms with Gasteiger partial charge in [0.15, 0.2) is 5.82 Å². The average molecular weight is 254 g/mol. The lowest BCUT2D eigenvalue weighted by Gasteiger charge is -2.29. The maximum absolute atomic E-state index is 13.8. The van der Waals surface area contributed by atoms with Crippen LogP contribution < -0.4 is 4.74 Å². The molecule has 2 heterocycles. The summed E-state index contributed by atoms with van der Waals surface area (Å²) in [5.74, 6) is -2.43. The van der Waals surface area contributed by atoms with E-state index in [1.165, 1.54) is 6.20 Å². The van der Waals surface area contributed by atoms with Crippen molar-refractivity contribution in [2.24, 2.45) is 0 Å². The Balaban J connectivity index is 2.10. The molecule has 6 heteroatoms. The highest BCUT2D eigenvalue weighted by Gasteiger charge is 2.22. The van der Waals surface area contributed by atoms with Crippen molar-refractivity contribution >= 4 is 5.97 Å². The van der Waals surface area contributed by atoms with Crippen molar-refractivity contribution in [3.8, 4) is 5.88 Å². The molecule has 1 aliphatic heterocycles. The van der Waals surface area contributed by atoms with Crippen molar-refractivity contribution in [1.82, 2.24) is 9.88 Å². The largest absolute Gasteiger partial charge is 0.478 e. The minimum atomic E-state index is -1.32. The fraction of sp³-hybridized carbons (Fsp3) is 0.500. The van der Waals surface area contributed by atoms with E-state index in [1.54, 1.807) is 0 Å². The SMILES string of the molecule is CN1CCC(Oc2nccc(C(=O)O)c2F)CC1. The van der Waals surface area contributed by atoms with Crippen molar-refractivity contribution < 1.29 is 19.0 Å². The van der Waals surface area contributed by atoms with Crippen LogP contribution in [-0.4, -0.2) is 47.2 Å². The van der Waals surface area contributed by atoms with Gasteiger partial charge in [0.2, 0.25) is 0 Å². The summed E-state index contributed by atoms with van der Waals surface area (Å²) in [6, 6.07) is 1.12. The van der Waals surface area contributed by atoms with E-state index < -0.39 is 17.3 Å². The van der Waals surface area contributed by atoms with Crippen molar-refractivity contribution in [2.45, 2.75) is 18.9 Å². The number of rotatable bonds is 3. The van der Waals surface area contributed by atoms with Gasteiger partial charge in [-0.2, -0.15) is 0 Å². The summed E-state index contributed by atoms with van der Waals surface area (Å²) in [5, 5.41) is 8.80. The zero-order chi connectivity index (χ0) is 13.1. The van der Waals surface area contributed by atoms with Gasteiger partial charge in [-0.1, -0.05) is 0 Å². The fourth-order valence-electron chi connectivity index (χ4n) is 1.93. The Morgan fingerprint density at radius 2 is 2.22 bits per heavy atom.